The van der Waals surface area contributed by atoms with E-state index in [-0.39, 0.29) is 0 Å². The molecule has 0 radical (unpaired) electrons. The molecule has 2 aromatic heterocycles. The number of thiophene rings is 1. The number of rotatable bonds is 3. The van der Waals surface area contributed by atoms with E-state index < -0.39 is 0 Å². The molecular formula is C14H14N4S. The predicted molar refractivity (Wildman–Crippen MR) is 76.1 cm³/mol. The smallest absolute Gasteiger partial charge is 0.159 e. The Labute approximate surface area is 115 Å². The van der Waals surface area contributed by atoms with Crippen molar-refractivity contribution in [1.29, 1.82) is 0 Å². The molecule has 0 fully saturated rings. The molecule has 0 saturated carbocycles. The molecule has 4 nitrogen and oxygen atoms in total. The topological polar surface area (TPSA) is 43.6 Å². The summed E-state index contributed by atoms with van der Waals surface area (Å²) in [5, 5.41) is 14.7. The second kappa shape index (κ2) is 4.93. The lowest BCUT2D eigenvalue weighted by Crippen LogP contribution is -2.05. The van der Waals surface area contributed by atoms with Gasteiger partial charge in [0, 0.05) is 0 Å². The molecule has 3 aromatic rings. The summed E-state index contributed by atoms with van der Waals surface area (Å²) in [6.07, 6.45) is 0. The number of hydrogen-bond donors (Lipinski definition) is 0. The lowest BCUT2D eigenvalue weighted by Gasteiger charge is -2.05. The van der Waals surface area contributed by atoms with Gasteiger partial charge in [-0.15, -0.1) is 21.5 Å². The van der Waals surface area contributed by atoms with E-state index >= 15 is 0 Å². The number of nitrogens with zero attached hydrogens (tertiary/aromatic N) is 4. The van der Waals surface area contributed by atoms with Gasteiger partial charge in [0.25, 0.3) is 0 Å². The molecule has 0 aliphatic rings. The van der Waals surface area contributed by atoms with Crippen molar-refractivity contribution >= 4 is 11.3 Å². The molecule has 0 unspecified atom stereocenters. The maximum absolute atomic E-state index is 4.42. The Morgan fingerprint density at radius 1 is 1.21 bits per heavy atom. The molecule has 3 rings (SSSR count). The van der Waals surface area contributed by atoms with Gasteiger partial charge >= 0.3 is 0 Å². The number of benzene rings is 1. The van der Waals surface area contributed by atoms with Gasteiger partial charge in [0.05, 0.1) is 11.4 Å². The van der Waals surface area contributed by atoms with E-state index in [0.29, 0.717) is 12.4 Å². The van der Waals surface area contributed by atoms with Crippen LogP contribution in [-0.4, -0.2) is 20.2 Å². The predicted octanol–water partition coefficient (Wildman–Crippen LogP) is 3.07. The maximum atomic E-state index is 4.42. The minimum absolute atomic E-state index is 0.659. The molecule has 0 N–H and O–H groups in total. The van der Waals surface area contributed by atoms with Gasteiger partial charge in [-0.2, -0.15) is 4.80 Å². The van der Waals surface area contributed by atoms with E-state index in [4.69, 9.17) is 0 Å². The Morgan fingerprint density at radius 2 is 2.11 bits per heavy atom. The molecular weight excluding hydrogens is 256 g/mol. The Bertz CT molecular complexity index is 685. The second-order valence-electron chi connectivity index (χ2n) is 4.55. The van der Waals surface area contributed by atoms with E-state index in [9.17, 15) is 0 Å². The van der Waals surface area contributed by atoms with Crippen LogP contribution in [0.1, 0.15) is 16.7 Å². The Kier molecular flexibility index (Phi) is 3.13. The van der Waals surface area contributed by atoms with Crippen LogP contribution in [0.25, 0.3) is 10.7 Å². The summed E-state index contributed by atoms with van der Waals surface area (Å²) in [5.74, 6) is 0.695. The van der Waals surface area contributed by atoms with Gasteiger partial charge in [0.1, 0.15) is 0 Å². The Balaban J connectivity index is 1.86. The molecule has 0 saturated heterocycles. The molecule has 0 aliphatic carbocycles. The summed E-state index contributed by atoms with van der Waals surface area (Å²) in [4.78, 5) is 2.70. The molecule has 0 bridgehead atoms. The molecule has 96 valence electrons. The average Bonchev–Trinajstić information content (AvgIpc) is 3.04. The third-order valence-electron chi connectivity index (χ3n) is 3.01. The molecule has 19 heavy (non-hydrogen) atoms. The van der Waals surface area contributed by atoms with Crippen LogP contribution >= 0.6 is 11.3 Å². The fraction of sp³-hybridized carbons (Fsp3) is 0.214. The van der Waals surface area contributed by atoms with Crippen molar-refractivity contribution in [3.8, 4) is 10.7 Å². The zero-order valence-corrected chi connectivity index (χ0v) is 11.7. The van der Waals surface area contributed by atoms with E-state index in [1.165, 1.54) is 16.7 Å². The zero-order chi connectivity index (χ0) is 13.2. The van der Waals surface area contributed by atoms with Gasteiger partial charge < -0.3 is 0 Å². The van der Waals surface area contributed by atoms with Crippen molar-refractivity contribution in [2.45, 2.75) is 20.4 Å². The maximum Gasteiger partial charge on any atom is 0.214 e. The summed E-state index contributed by atoms with van der Waals surface area (Å²) in [7, 11) is 0. The van der Waals surface area contributed by atoms with Gasteiger partial charge in [-0.3, -0.25) is 0 Å². The van der Waals surface area contributed by atoms with Crippen molar-refractivity contribution in [3.63, 3.8) is 0 Å². The summed E-state index contributed by atoms with van der Waals surface area (Å²) in [6.45, 7) is 4.85. The molecule has 5 heteroatoms. The fourth-order valence-electron chi connectivity index (χ4n) is 1.94. The first kappa shape index (κ1) is 12.0. The lowest BCUT2D eigenvalue weighted by atomic mass is 10.1. The van der Waals surface area contributed by atoms with Crippen molar-refractivity contribution in [3.05, 3.63) is 52.4 Å². The van der Waals surface area contributed by atoms with Crippen LogP contribution in [0.15, 0.2) is 35.7 Å². The normalized spacial score (nSPS) is 10.8. The molecule has 2 heterocycles. The number of aromatic nitrogens is 4. The van der Waals surface area contributed by atoms with E-state index in [1.54, 1.807) is 16.1 Å². The molecule has 0 spiro atoms. The SMILES string of the molecule is Cc1ccc(C)c(Cn2nnc(-c3cccs3)n2)c1. The largest absolute Gasteiger partial charge is 0.214 e. The summed E-state index contributed by atoms with van der Waals surface area (Å²) in [6, 6.07) is 10.4. The monoisotopic (exact) mass is 270 g/mol. The van der Waals surface area contributed by atoms with Gasteiger partial charge in [-0.25, -0.2) is 0 Å². The first-order chi connectivity index (χ1) is 9.22. The highest BCUT2D eigenvalue weighted by Crippen LogP contribution is 2.20. The minimum atomic E-state index is 0.659. The lowest BCUT2D eigenvalue weighted by molar-refractivity contribution is 0.571. The Morgan fingerprint density at radius 3 is 2.89 bits per heavy atom. The highest BCUT2D eigenvalue weighted by atomic mass is 32.1. The summed E-state index contributed by atoms with van der Waals surface area (Å²) < 4.78 is 0. The standard InChI is InChI=1S/C14H14N4S/c1-10-5-6-11(2)12(8-10)9-18-16-14(15-17-18)13-4-3-7-19-13/h3-8H,9H2,1-2H3. The zero-order valence-electron chi connectivity index (χ0n) is 10.9. The van der Waals surface area contributed by atoms with Crippen molar-refractivity contribution in [2.75, 3.05) is 0 Å². The number of tetrazole rings is 1. The van der Waals surface area contributed by atoms with Crippen molar-refractivity contribution < 1.29 is 0 Å². The van der Waals surface area contributed by atoms with E-state index in [2.05, 4.69) is 47.5 Å². The van der Waals surface area contributed by atoms with Gasteiger partial charge in [0.2, 0.25) is 5.82 Å². The molecule has 0 aliphatic heterocycles. The van der Waals surface area contributed by atoms with E-state index in [0.717, 1.165) is 4.88 Å². The van der Waals surface area contributed by atoms with E-state index in [1.807, 2.05) is 17.5 Å². The van der Waals surface area contributed by atoms with Crippen LogP contribution in [0.2, 0.25) is 0 Å². The first-order valence-electron chi connectivity index (χ1n) is 6.10. The Hall–Kier alpha value is -2.01. The van der Waals surface area contributed by atoms with Crippen LogP contribution in [0.4, 0.5) is 0 Å². The molecule has 0 amide bonds. The third kappa shape index (κ3) is 2.56. The summed E-state index contributed by atoms with van der Waals surface area (Å²) in [5.41, 5.74) is 3.73. The highest BCUT2D eigenvalue weighted by molar-refractivity contribution is 7.13. The number of hydrogen-bond acceptors (Lipinski definition) is 4. The van der Waals surface area contributed by atoms with Crippen molar-refractivity contribution in [1.82, 2.24) is 20.2 Å². The number of aryl methyl sites for hydroxylation is 2. The second-order valence-corrected chi connectivity index (χ2v) is 5.50. The van der Waals surface area contributed by atoms with Gasteiger partial charge in [-0.1, -0.05) is 29.8 Å². The van der Waals surface area contributed by atoms with Crippen LogP contribution in [0.5, 0.6) is 0 Å². The van der Waals surface area contributed by atoms with Crippen LogP contribution in [0, 0.1) is 13.8 Å². The molecule has 1 aromatic carbocycles. The van der Waals surface area contributed by atoms with Gasteiger partial charge in [-0.05, 0) is 41.6 Å². The molecule has 0 atom stereocenters. The highest BCUT2D eigenvalue weighted by Gasteiger charge is 2.08. The van der Waals surface area contributed by atoms with Crippen molar-refractivity contribution in [2.24, 2.45) is 0 Å². The quantitative estimate of drug-likeness (QED) is 0.734. The first-order valence-corrected chi connectivity index (χ1v) is 6.98. The van der Waals surface area contributed by atoms with Crippen LogP contribution in [-0.2, 0) is 6.54 Å². The van der Waals surface area contributed by atoms with Gasteiger partial charge in [0.15, 0.2) is 0 Å². The van der Waals surface area contributed by atoms with Crippen LogP contribution < -0.4 is 0 Å². The minimum Gasteiger partial charge on any atom is -0.159 e. The average molecular weight is 270 g/mol. The summed E-state index contributed by atoms with van der Waals surface area (Å²) >= 11 is 1.62. The fourth-order valence-corrected chi connectivity index (χ4v) is 2.59. The van der Waals surface area contributed by atoms with Crippen LogP contribution in [0.3, 0.4) is 0 Å². The third-order valence-corrected chi connectivity index (χ3v) is 3.88.